The normalized spacial score (nSPS) is 23.1. The summed E-state index contributed by atoms with van der Waals surface area (Å²) in [5.74, 6) is 0.388. The molecule has 2 aromatic rings. The summed E-state index contributed by atoms with van der Waals surface area (Å²) in [6.45, 7) is 5.67. The van der Waals surface area contributed by atoms with Gasteiger partial charge in [-0.3, -0.25) is 9.69 Å². The van der Waals surface area contributed by atoms with Crippen LogP contribution < -0.4 is 0 Å². The third-order valence-electron chi connectivity index (χ3n) is 8.86. The SMILES string of the molecule is CN1CCC(CCC(C)(O)c2ccc(F)cc2)CC1.O=C(O)C(CC1CC1)N1CCC(c2cccc(F)c2)C1. The fraction of sp³-hybridized carbons (Fsp3) is 0.594. The predicted molar refractivity (Wildman–Crippen MR) is 150 cm³/mol. The zero-order chi connectivity index (χ0) is 28.0. The molecule has 3 unspecified atom stereocenters. The maximum absolute atomic E-state index is 13.3. The molecule has 3 fully saturated rings. The van der Waals surface area contributed by atoms with E-state index in [1.807, 2.05) is 13.0 Å². The van der Waals surface area contributed by atoms with Crippen molar-refractivity contribution in [3.8, 4) is 0 Å². The topological polar surface area (TPSA) is 64.0 Å². The van der Waals surface area contributed by atoms with Gasteiger partial charge in [-0.05, 0) is 125 Å². The van der Waals surface area contributed by atoms with Crippen LogP contribution in [0.15, 0.2) is 48.5 Å². The number of halogens is 2. The minimum atomic E-state index is -0.850. The van der Waals surface area contributed by atoms with Crippen LogP contribution in [-0.2, 0) is 10.4 Å². The van der Waals surface area contributed by atoms with Crippen LogP contribution in [0.25, 0.3) is 0 Å². The Morgan fingerprint density at radius 2 is 1.67 bits per heavy atom. The molecule has 7 heteroatoms. The van der Waals surface area contributed by atoms with Crippen molar-refractivity contribution in [2.75, 3.05) is 33.2 Å². The van der Waals surface area contributed by atoms with E-state index in [1.165, 1.54) is 43.9 Å². The number of piperidine rings is 1. The van der Waals surface area contributed by atoms with E-state index in [0.717, 1.165) is 63.0 Å². The molecule has 3 atom stereocenters. The van der Waals surface area contributed by atoms with E-state index in [1.54, 1.807) is 24.3 Å². The van der Waals surface area contributed by atoms with Crippen LogP contribution in [0.3, 0.4) is 0 Å². The number of hydrogen-bond acceptors (Lipinski definition) is 4. The molecule has 2 aliphatic heterocycles. The van der Waals surface area contributed by atoms with Gasteiger partial charge in [0.25, 0.3) is 0 Å². The Morgan fingerprint density at radius 1 is 0.974 bits per heavy atom. The Balaban J connectivity index is 0.000000181. The van der Waals surface area contributed by atoms with Crippen LogP contribution in [0, 0.1) is 23.5 Å². The molecule has 2 N–H and O–H groups in total. The van der Waals surface area contributed by atoms with Gasteiger partial charge in [0.05, 0.1) is 5.60 Å². The van der Waals surface area contributed by atoms with Gasteiger partial charge in [0, 0.05) is 6.54 Å². The number of aliphatic hydroxyl groups is 1. The monoisotopic (exact) mass is 542 g/mol. The Labute approximate surface area is 231 Å². The van der Waals surface area contributed by atoms with Crippen molar-refractivity contribution in [1.82, 2.24) is 9.80 Å². The second-order valence-electron chi connectivity index (χ2n) is 12.1. The standard InChI is InChI=1S/C16H20FNO2.C16H24FNO/c17-14-3-1-2-12(9-14)13-6-7-18(10-13)15(16(19)20)8-11-4-5-11;1-16(19,14-3-5-15(17)6-4-14)10-7-13-8-11-18(2)12-9-13/h1-3,9,11,13,15H,4-8,10H2,(H,19,20);3-6,13,19H,7-12H2,1-2H3. The van der Waals surface area contributed by atoms with E-state index in [9.17, 15) is 23.8 Å². The molecule has 0 amide bonds. The molecule has 0 spiro atoms. The summed E-state index contributed by atoms with van der Waals surface area (Å²) in [4.78, 5) is 15.9. The first-order chi connectivity index (χ1) is 18.6. The minimum Gasteiger partial charge on any atom is -0.480 e. The molecule has 1 saturated carbocycles. The molecular formula is C32H44F2N2O3. The molecule has 3 aliphatic rings. The van der Waals surface area contributed by atoms with Crippen LogP contribution in [-0.4, -0.2) is 65.3 Å². The number of carboxylic acid groups (broad SMARTS) is 1. The van der Waals surface area contributed by atoms with Crippen molar-refractivity contribution in [3.63, 3.8) is 0 Å². The van der Waals surface area contributed by atoms with Gasteiger partial charge in [-0.1, -0.05) is 37.1 Å². The van der Waals surface area contributed by atoms with E-state index < -0.39 is 11.6 Å². The highest BCUT2D eigenvalue weighted by Gasteiger charge is 2.37. The zero-order valence-electron chi connectivity index (χ0n) is 23.4. The Morgan fingerprint density at radius 3 is 2.28 bits per heavy atom. The molecular weight excluding hydrogens is 498 g/mol. The van der Waals surface area contributed by atoms with Crippen molar-refractivity contribution < 1.29 is 23.8 Å². The van der Waals surface area contributed by atoms with Gasteiger partial charge in [-0.2, -0.15) is 0 Å². The summed E-state index contributed by atoms with van der Waals surface area (Å²) in [5.41, 5.74) is 0.946. The lowest BCUT2D eigenvalue weighted by Gasteiger charge is -2.31. The Bertz CT molecular complexity index is 1070. The van der Waals surface area contributed by atoms with Gasteiger partial charge in [-0.15, -0.1) is 0 Å². The average molecular weight is 543 g/mol. The fourth-order valence-electron chi connectivity index (χ4n) is 5.97. The Kier molecular flexibility index (Phi) is 10.1. The molecule has 0 aromatic heterocycles. The summed E-state index contributed by atoms with van der Waals surface area (Å²) < 4.78 is 26.2. The number of likely N-dealkylation sites (tertiary alicyclic amines) is 2. The molecule has 2 heterocycles. The van der Waals surface area contributed by atoms with E-state index >= 15 is 0 Å². The lowest BCUT2D eigenvalue weighted by molar-refractivity contribution is -0.143. The van der Waals surface area contributed by atoms with Crippen LogP contribution >= 0.6 is 0 Å². The zero-order valence-corrected chi connectivity index (χ0v) is 23.4. The summed E-state index contributed by atoms with van der Waals surface area (Å²) in [5, 5.41) is 19.9. The van der Waals surface area contributed by atoms with E-state index in [0.29, 0.717) is 11.8 Å². The van der Waals surface area contributed by atoms with Crippen molar-refractivity contribution in [3.05, 3.63) is 71.3 Å². The maximum atomic E-state index is 13.3. The first-order valence-corrected chi connectivity index (χ1v) is 14.5. The smallest absolute Gasteiger partial charge is 0.320 e. The molecule has 39 heavy (non-hydrogen) atoms. The van der Waals surface area contributed by atoms with Gasteiger partial charge in [0.2, 0.25) is 0 Å². The minimum absolute atomic E-state index is 0.214. The second-order valence-corrected chi connectivity index (χ2v) is 12.1. The molecule has 0 bridgehead atoms. The second kappa shape index (κ2) is 13.3. The molecule has 0 radical (unpaired) electrons. The Hall–Kier alpha value is -2.35. The number of aliphatic carboxylic acids is 1. The van der Waals surface area contributed by atoms with Gasteiger partial charge < -0.3 is 15.1 Å². The highest BCUT2D eigenvalue weighted by atomic mass is 19.1. The van der Waals surface area contributed by atoms with Crippen LogP contribution in [0.5, 0.6) is 0 Å². The van der Waals surface area contributed by atoms with Crippen LogP contribution in [0.2, 0.25) is 0 Å². The number of carboxylic acids is 1. The van der Waals surface area contributed by atoms with Crippen molar-refractivity contribution in [2.45, 2.75) is 75.9 Å². The molecule has 2 saturated heterocycles. The number of carbonyl (C=O) groups is 1. The first-order valence-electron chi connectivity index (χ1n) is 14.5. The fourth-order valence-corrected chi connectivity index (χ4v) is 5.97. The highest BCUT2D eigenvalue weighted by molar-refractivity contribution is 5.73. The summed E-state index contributed by atoms with van der Waals surface area (Å²) in [7, 11) is 2.16. The quantitative estimate of drug-likeness (QED) is 0.406. The lowest BCUT2D eigenvalue weighted by Crippen LogP contribution is -2.40. The van der Waals surface area contributed by atoms with Crippen molar-refractivity contribution in [2.24, 2.45) is 11.8 Å². The lowest BCUT2D eigenvalue weighted by atomic mass is 9.84. The maximum Gasteiger partial charge on any atom is 0.320 e. The van der Waals surface area contributed by atoms with Gasteiger partial charge >= 0.3 is 5.97 Å². The van der Waals surface area contributed by atoms with Crippen molar-refractivity contribution >= 4 is 5.97 Å². The molecule has 1 aliphatic carbocycles. The molecule has 5 rings (SSSR count). The van der Waals surface area contributed by atoms with Gasteiger partial charge in [0.15, 0.2) is 0 Å². The predicted octanol–water partition coefficient (Wildman–Crippen LogP) is 6.02. The molecule has 5 nitrogen and oxygen atoms in total. The van der Waals surface area contributed by atoms with Crippen molar-refractivity contribution in [1.29, 1.82) is 0 Å². The number of rotatable bonds is 9. The van der Waals surface area contributed by atoms with E-state index in [4.69, 9.17) is 0 Å². The third kappa shape index (κ3) is 8.82. The average Bonchev–Trinajstić information content (AvgIpc) is 3.61. The first kappa shape index (κ1) is 29.6. The molecule has 214 valence electrons. The summed E-state index contributed by atoms with van der Waals surface area (Å²) in [6.07, 6.45) is 8.25. The van der Waals surface area contributed by atoms with E-state index in [2.05, 4.69) is 16.8 Å². The summed E-state index contributed by atoms with van der Waals surface area (Å²) in [6, 6.07) is 12.5. The number of hydrogen-bond donors (Lipinski definition) is 2. The van der Waals surface area contributed by atoms with Gasteiger partial charge in [0.1, 0.15) is 17.7 Å². The molecule has 2 aromatic carbocycles. The summed E-state index contributed by atoms with van der Waals surface area (Å²) >= 11 is 0. The number of nitrogens with zero attached hydrogens (tertiary/aromatic N) is 2. The van der Waals surface area contributed by atoms with Gasteiger partial charge in [-0.25, -0.2) is 8.78 Å². The third-order valence-corrected chi connectivity index (χ3v) is 8.86. The number of benzene rings is 2. The van der Waals surface area contributed by atoms with Crippen LogP contribution in [0.4, 0.5) is 8.78 Å². The highest BCUT2D eigenvalue weighted by Crippen LogP contribution is 2.37. The van der Waals surface area contributed by atoms with Crippen LogP contribution in [0.1, 0.15) is 75.3 Å². The largest absolute Gasteiger partial charge is 0.480 e. The van der Waals surface area contributed by atoms with E-state index in [-0.39, 0.29) is 23.6 Å².